The predicted molar refractivity (Wildman–Crippen MR) is 68.1 cm³/mol. The van der Waals surface area contributed by atoms with Gasteiger partial charge in [-0.1, -0.05) is 6.92 Å². The van der Waals surface area contributed by atoms with E-state index < -0.39 is 0 Å². The molecule has 18 heavy (non-hydrogen) atoms. The van der Waals surface area contributed by atoms with E-state index >= 15 is 0 Å². The molecule has 0 saturated heterocycles. The van der Waals surface area contributed by atoms with Crippen LogP contribution < -0.4 is 0 Å². The van der Waals surface area contributed by atoms with Crippen molar-refractivity contribution in [2.75, 3.05) is 6.61 Å². The zero-order chi connectivity index (χ0) is 13.3. The molecule has 1 aromatic heterocycles. The number of carbonyl (C=O) groups excluding carboxylic acids is 2. The van der Waals surface area contributed by atoms with Gasteiger partial charge in [-0.25, -0.2) is 4.79 Å². The van der Waals surface area contributed by atoms with E-state index in [1.165, 1.54) is 0 Å². The molecule has 0 unspecified atom stereocenters. The summed E-state index contributed by atoms with van der Waals surface area (Å²) in [5, 5.41) is 0. The van der Waals surface area contributed by atoms with E-state index in [1.54, 1.807) is 6.92 Å². The van der Waals surface area contributed by atoms with Gasteiger partial charge in [-0.05, 0) is 32.3 Å². The van der Waals surface area contributed by atoms with Crippen molar-refractivity contribution in [2.45, 2.75) is 46.6 Å². The van der Waals surface area contributed by atoms with E-state index in [9.17, 15) is 9.59 Å². The minimum absolute atomic E-state index is 0.166. The number of fused-ring (bicyclic) bond motifs is 1. The highest BCUT2D eigenvalue weighted by molar-refractivity contribution is 6.05. The Morgan fingerprint density at radius 3 is 2.56 bits per heavy atom. The average molecular weight is 249 g/mol. The summed E-state index contributed by atoms with van der Waals surface area (Å²) in [6, 6.07) is 0. The Labute approximate surface area is 107 Å². The zero-order valence-corrected chi connectivity index (χ0v) is 11.2. The Bertz CT molecular complexity index is 500. The molecule has 0 N–H and O–H groups in total. The minimum Gasteiger partial charge on any atom is -0.461 e. The summed E-state index contributed by atoms with van der Waals surface area (Å²) in [6.45, 7) is 6.85. The van der Waals surface area contributed by atoms with Gasteiger partial charge in [0.05, 0.1) is 6.61 Å². The van der Waals surface area contributed by atoms with Gasteiger partial charge in [0, 0.05) is 24.2 Å². The number of esters is 1. The molecule has 0 aromatic carbocycles. The second kappa shape index (κ2) is 4.96. The molecule has 4 heteroatoms. The van der Waals surface area contributed by atoms with Gasteiger partial charge >= 0.3 is 5.97 Å². The van der Waals surface area contributed by atoms with Crippen molar-refractivity contribution in [1.29, 1.82) is 0 Å². The number of hydrogen-bond acceptors (Lipinski definition) is 3. The van der Waals surface area contributed by atoms with Crippen LogP contribution >= 0.6 is 0 Å². The van der Waals surface area contributed by atoms with Gasteiger partial charge in [-0.3, -0.25) is 4.79 Å². The maximum absolute atomic E-state index is 12.1. The first-order valence-electron chi connectivity index (χ1n) is 6.60. The Kier molecular flexibility index (Phi) is 3.55. The molecule has 0 saturated carbocycles. The molecule has 0 radical (unpaired) electrons. The van der Waals surface area contributed by atoms with Crippen molar-refractivity contribution >= 4 is 11.8 Å². The molecule has 4 nitrogen and oxygen atoms in total. The van der Waals surface area contributed by atoms with Gasteiger partial charge in [-0.2, -0.15) is 0 Å². The van der Waals surface area contributed by atoms with Gasteiger partial charge in [0.15, 0.2) is 5.78 Å². The van der Waals surface area contributed by atoms with E-state index in [-0.39, 0.29) is 11.8 Å². The Morgan fingerprint density at radius 1 is 1.28 bits per heavy atom. The molecule has 0 fully saturated rings. The first kappa shape index (κ1) is 12.9. The van der Waals surface area contributed by atoms with Crippen molar-refractivity contribution < 1.29 is 14.3 Å². The second-order valence-electron chi connectivity index (χ2n) is 4.39. The normalized spacial score (nSPS) is 13.8. The second-order valence-corrected chi connectivity index (χ2v) is 4.39. The Balaban J connectivity index is 2.61. The smallest absolute Gasteiger partial charge is 0.355 e. The van der Waals surface area contributed by atoms with Crippen molar-refractivity contribution in [2.24, 2.45) is 0 Å². The highest BCUT2D eigenvalue weighted by Gasteiger charge is 2.33. The maximum Gasteiger partial charge on any atom is 0.355 e. The highest BCUT2D eigenvalue weighted by atomic mass is 16.5. The van der Waals surface area contributed by atoms with Crippen LogP contribution in [0.25, 0.3) is 0 Å². The number of aromatic nitrogens is 1. The summed E-state index contributed by atoms with van der Waals surface area (Å²) >= 11 is 0. The van der Waals surface area contributed by atoms with Crippen molar-refractivity contribution in [3.63, 3.8) is 0 Å². The summed E-state index contributed by atoms with van der Waals surface area (Å²) in [7, 11) is 0. The van der Waals surface area contributed by atoms with E-state index in [0.29, 0.717) is 31.7 Å². The van der Waals surface area contributed by atoms with Crippen LogP contribution in [-0.4, -0.2) is 22.9 Å². The summed E-state index contributed by atoms with van der Waals surface area (Å²) in [4.78, 5) is 24.0. The molecule has 1 heterocycles. The van der Waals surface area contributed by atoms with Crippen LogP contribution in [-0.2, 0) is 24.1 Å². The van der Waals surface area contributed by atoms with E-state index in [1.807, 2.05) is 18.4 Å². The number of hydrogen-bond donors (Lipinski definition) is 0. The third-order valence-corrected chi connectivity index (χ3v) is 3.47. The molecule has 1 aliphatic carbocycles. The molecule has 0 amide bonds. The topological polar surface area (TPSA) is 48.3 Å². The number of nitrogens with zero attached hydrogens (tertiary/aromatic N) is 1. The summed E-state index contributed by atoms with van der Waals surface area (Å²) in [5.41, 5.74) is 3.26. The molecule has 0 bridgehead atoms. The maximum atomic E-state index is 12.1. The van der Waals surface area contributed by atoms with Crippen LogP contribution in [0.2, 0.25) is 0 Å². The highest BCUT2D eigenvalue weighted by Crippen LogP contribution is 2.32. The minimum atomic E-state index is -0.301. The van der Waals surface area contributed by atoms with Gasteiger partial charge in [-0.15, -0.1) is 0 Å². The molecule has 98 valence electrons. The van der Waals surface area contributed by atoms with Crippen LogP contribution in [0, 0.1) is 0 Å². The summed E-state index contributed by atoms with van der Waals surface area (Å²) < 4.78 is 7.06. The van der Waals surface area contributed by atoms with Gasteiger partial charge < -0.3 is 9.30 Å². The summed E-state index contributed by atoms with van der Waals surface area (Å²) in [6.07, 6.45) is 1.96. The molecule has 1 aliphatic rings. The number of ketones is 1. The van der Waals surface area contributed by atoms with Gasteiger partial charge in [0.2, 0.25) is 0 Å². The first-order valence-corrected chi connectivity index (χ1v) is 6.60. The standard InChI is InChI=1S/C14H19NO3/c1-4-10-12-9(7-8-11(12)16)13(15(10)5-2)14(17)18-6-3/h4-8H2,1-3H3. The largest absolute Gasteiger partial charge is 0.461 e. The van der Waals surface area contributed by atoms with Crippen LogP contribution in [0.15, 0.2) is 0 Å². The summed E-state index contributed by atoms with van der Waals surface area (Å²) in [5.74, 6) is -0.135. The lowest BCUT2D eigenvalue weighted by atomic mass is 10.1. The Morgan fingerprint density at radius 2 is 2.00 bits per heavy atom. The predicted octanol–water partition coefficient (Wildman–Crippen LogP) is 2.38. The van der Waals surface area contributed by atoms with Crippen LogP contribution in [0.3, 0.4) is 0 Å². The molecular weight excluding hydrogens is 230 g/mol. The van der Waals surface area contributed by atoms with E-state index in [2.05, 4.69) is 0 Å². The molecule has 1 aromatic rings. The van der Waals surface area contributed by atoms with Crippen LogP contribution in [0.1, 0.15) is 59.3 Å². The van der Waals surface area contributed by atoms with Crippen LogP contribution in [0.4, 0.5) is 0 Å². The zero-order valence-electron chi connectivity index (χ0n) is 11.2. The SMILES string of the molecule is CCOC(=O)c1c2c(c(CC)n1CC)C(=O)CC2. The Hall–Kier alpha value is -1.58. The number of ether oxygens (including phenoxy) is 1. The van der Waals surface area contributed by atoms with E-state index in [4.69, 9.17) is 4.74 Å². The lowest BCUT2D eigenvalue weighted by Crippen LogP contribution is -2.15. The number of rotatable bonds is 4. The monoisotopic (exact) mass is 249 g/mol. The number of carbonyl (C=O) groups is 2. The van der Waals surface area contributed by atoms with Gasteiger partial charge in [0.25, 0.3) is 0 Å². The van der Waals surface area contributed by atoms with Crippen LogP contribution in [0.5, 0.6) is 0 Å². The van der Waals surface area contributed by atoms with Gasteiger partial charge in [0.1, 0.15) is 5.69 Å². The number of Topliss-reactive ketones (excluding diaryl/α,β-unsaturated/α-hetero) is 1. The first-order chi connectivity index (χ1) is 8.65. The molecule has 0 spiro atoms. The van der Waals surface area contributed by atoms with Crippen molar-refractivity contribution in [3.8, 4) is 0 Å². The average Bonchev–Trinajstić information content (AvgIpc) is 2.87. The fourth-order valence-electron chi connectivity index (χ4n) is 2.81. The van der Waals surface area contributed by atoms with Crippen molar-refractivity contribution in [3.05, 3.63) is 22.5 Å². The third-order valence-electron chi connectivity index (χ3n) is 3.47. The molecule has 2 rings (SSSR count). The van der Waals surface area contributed by atoms with Crippen molar-refractivity contribution in [1.82, 2.24) is 4.57 Å². The molecular formula is C14H19NO3. The fraction of sp³-hybridized carbons (Fsp3) is 0.571. The van der Waals surface area contributed by atoms with E-state index in [0.717, 1.165) is 23.2 Å². The molecule has 0 atom stereocenters. The fourth-order valence-corrected chi connectivity index (χ4v) is 2.81. The lowest BCUT2D eigenvalue weighted by molar-refractivity contribution is 0.0512. The molecule has 0 aliphatic heterocycles. The third kappa shape index (κ3) is 1.76. The lowest BCUT2D eigenvalue weighted by Gasteiger charge is -2.11. The quantitative estimate of drug-likeness (QED) is 0.770.